The van der Waals surface area contributed by atoms with Gasteiger partial charge in [-0.25, -0.2) is 4.98 Å². The van der Waals surface area contributed by atoms with Crippen molar-refractivity contribution in [2.24, 2.45) is 11.7 Å². The maximum atomic E-state index is 11.3. The van der Waals surface area contributed by atoms with Crippen molar-refractivity contribution in [3.8, 4) is 6.07 Å². The lowest BCUT2D eigenvalue weighted by Gasteiger charge is -2.28. The van der Waals surface area contributed by atoms with Crippen LogP contribution in [0.1, 0.15) is 43.9 Å². The molecule has 8 heteroatoms. The molecule has 1 aliphatic rings. The van der Waals surface area contributed by atoms with Crippen LogP contribution in [0.25, 0.3) is 0 Å². The Morgan fingerprint density at radius 2 is 2.18 bits per heavy atom. The molecule has 0 radical (unpaired) electrons. The van der Waals surface area contributed by atoms with Gasteiger partial charge in [0.2, 0.25) is 11.9 Å². The Morgan fingerprint density at radius 1 is 1.39 bits per heavy atom. The third-order valence-electron chi connectivity index (χ3n) is 5.30. The van der Waals surface area contributed by atoms with E-state index < -0.39 is 0 Å². The molecular formula is C20H27N7O. The second-order valence-corrected chi connectivity index (χ2v) is 7.14. The van der Waals surface area contributed by atoms with Gasteiger partial charge < -0.3 is 20.9 Å². The molecule has 1 fully saturated rings. The highest BCUT2D eigenvalue weighted by Gasteiger charge is 2.25. The third kappa shape index (κ3) is 4.80. The van der Waals surface area contributed by atoms with Crippen LogP contribution in [-0.4, -0.2) is 33.0 Å². The van der Waals surface area contributed by atoms with Gasteiger partial charge in [-0.2, -0.15) is 10.2 Å². The van der Waals surface area contributed by atoms with E-state index >= 15 is 0 Å². The molecule has 0 atom stereocenters. The van der Waals surface area contributed by atoms with Crippen LogP contribution in [0, 0.1) is 17.2 Å². The van der Waals surface area contributed by atoms with Crippen molar-refractivity contribution in [3.05, 3.63) is 35.8 Å². The van der Waals surface area contributed by atoms with Gasteiger partial charge in [-0.05, 0) is 44.2 Å². The van der Waals surface area contributed by atoms with Crippen LogP contribution in [0.2, 0.25) is 0 Å². The zero-order valence-electron chi connectivity index (χ0n) is 16.2. The van der Waals surface area contributed by atoms with Gasteiger partial charge in [0.25, 0.3) is 0 Å². The Balaban J connectivity index is 1.59. The van der Waals surface area contributed by atoms with Crippen molar-refractivity contribution < 1.29 is 4.79 Å². The monoisotopic (exact) mass is 381 g/mol. The highest BCUT2D eigenvalue weighted by molar-refractivity contribution is 5.76. The summed E-state index contributed by atoms with van der Waals surface area (Å²) in [4.78, 5) is 20.1. The first-order chi connectivity index (χ1) is 13.6. The summed E-state index contributed by atoms with van der Waals surface area (Å²) >= 11 is 0. The van der Waals surface area contributed by atoms with Gasteiger partial charge in [-0.15, -0.1) is 0 Å². The van der Waals surface area contributed by atoms with E-state index in [1.165, 1.54) is 5.69 Å². The van der Waals surface area contributed by atoms with Gasteiger partial charge in [0.05, 0.1) is 6.20 Å². The molecule has 0 spiro atoms. The molecular weight excluding hydrogens is 354 g/mol. The number of carbonyl (C=O) groups is 1. The average molecular weight is 381 g/mol. The number of nitrogens with two attached hydrogens (primary N) is 1. The van der Waals surface area contributed by atoms with Crippen molar-refractivity contribution in [2.45, 2.75) is 51.6 Å². The summed E-state index contributed by atoms with van der Waals surface area (Å²) in [6, 6.07) is 6.48. The van der Waals surface area contributed by atoms with Crippen molar-refractivity contribution >= 4 is 17.7 Å². The summed E-state index contributed by atoms with van der Waals surface area (Å²) in [5.74, 6) is 0.770. The van der Waals surface area contributed by atoms with E-state index in [1.54, 1.807) is 6.20 Å². The second-order valence-electron chi connectivity index (χ2n) is 7.14. The SMILES string of the molecule is CCc1cccn1CCNc1ncc(C#N)c(N[C@H]2CC[C@@H](C(N)=O)CC2)n1. The highest BCUT2D eigenvalue weighted by Crippen LogP contribution is 2.27. The molecule has 3 rings (SSSR count). The maximum Gasteiger partial charge on any atom is 0.224 e. The van der Waals surface area contributed by atoms with Gasteiger partial charge in [0.1, 0.15) is 17.5 Å². The molecule has 0 bridgehead atoms. The van der Waals surface area contributed by atoms with E-state index in [0.717, 1.165) is 38.6 Å². The summed E-state index contributed by atoms with van der Waals surface area (Å²) in [6.45, 7) is 3.65. The van der Waals surface area contributed by atoms with E-state index in [4.69, 9.17) is 5.73 Å². The fourth-order valence-corrected chi connectivity index (χ4v) is 3.65. The number of aromatic nitrogens is 3. The lowest BCUT2D eigenvalue weighted by molar-refractivity contribution is -0.122. The van der Waals surface area contributed by atoms with E-state index in [-0.39, 0.29) is 17.9 Å². The third-order valence-corrected chi connectivity index (χ3v) is 5.30. The van der Waals surface area contributed by atoms with Gasteiger partial charge in [-0.1, -0.05) is 6.92 Å². The number of carbonyl (C=O) groups excluding carboxylic acids is 1. The van der Waals surface area contributed by atoms with Crippen LogP contribution in [-0.2, 0) is 17.8 Å². The van der Waals surface area contributed by atoms with Crippen LogP contribution in [0.3, 0.4) is 0 Å². The molecule has 4 N–H and O–H groups in total. The number of rotatable bonds is 8. The van der Waals surface area contributed by atoms with Crippen molar-refractivity contribution in [2.75, 3.05) is 17.2 Å². The zero-order chi connectivity index (χ0) is 19.9. The smallest absolute Gasteiger partial charge is 0.224 e. The fourth-order valence-electron chi connectivity index (χ4n) is 3.65. The summed E-state index contributed by atoms with van der Waals surface area (Å²) in [5.41, 5.74) is 7.10. The molecule has 148 valence electrons. The quantitative estimate of drug-likeness (QED) is 0.645. The number of hydrogen-bond acceptors (Lipinski definition) is 6. The number of aryl methyl sites for hydroxylation is 1. The van der Waals surface area contributed by atoms with Gasteiger partial charge in [-0.3, -0.25) is 4.79 Å². The Kier molecular flexibility index (Phi) is 6.48. The lowest BCUT2D eigenvalue weighted by Crippen LogP contribution is -2.32. The Bertz CT molecular complexity index is 846. The first kappa shape index (κ1) is 19.7. The molecule has 1 saturated carbocycles. The van der Waals surface area contributed by atoms with E-state index in [2.05, 4.69) is 50.4 Å². The largest absolute Gasteiger partial charge is 0.369 e. The van der Waals surface area contributed by atoms with Gasteiger partial charge in [0.15, 0.2) is 0 Å². The van der Waals surface area contributed by atoms with Crippen LogP contribution in [0.4, 0.5) is 11.8 Å². The number of nitrogens with zero attached hydrogens (tertiary/aromatic N) is 4. The average Bonchev–Trinajstić information content (AvgIpc) is 3.16. The molecule has 2 heterocycles. The van der Waals surface area contributed by atoms with Crippen molar-refractivity contribution in [1.82, 2.24) is 14.5 Å². The molecule has 1 amide bonds. The summed E-state index contributed by atoms with van der Waals surface area (Å²) < 4.78 is 2.20. The summed E-state index contributed by atoms with van der Waals surface area (Å²) in [6.07, 6.45) is 7.79. The minimum Gasteiger partial charge on any atom is -0.369 e. The molecule has 8 nitrogen and oxygen atoms in total. The molecule has 0 unspecified atom stereocenters. The van der Waals surface area contributed by atoms with Crippen molar-refractivity contribution in [1.29, 1.82) is 5.26 Å². The minimum atomic E-state index is -0.224. The molecule has 1 aliphatic carbocycles. The molecule has 2 aromatic heterocycles. The van der Waals surface area contributed by atoms with E-state index in [1.807, 2.05) is 6.07 Å². The molecule has 0 aromatic carbocycles. The topological polar surface area (TPSA) is 122 Å². The Hall–Kier alpha value is -3.08. The zero-order valence-corrected chi connectivity index (χ0v) is 16.2. The maximum absolute atomic E-state index is 11.3. The number of primary amides is 1. The standard InChI is InChI=1S/C20H27N7O/c1-2-17-4-3-10-27(17)11-9-23-20-24-13-15(12-21)19(26-20)25-16-7-5-14(6-8-16)18(22)28/h3-4,10,13-14,16H,2,5-9,11H2,1H3,(H2,22,28)(H2,23,24,25,26)/t14-,16+. The van der Waals surface area contributed by atoms with Crippen LogP contribution in [0.5, 0.6) is 0 Å². The minimum absolute atomic E-state index is 0.0437. The number of hydrogen-bond donors (Lipinski definition) is 3. The molecule has 28 heavy (non-hydrogen) atoms. The van der Waals surface area contributed by atoms with Crippen LogP contribution in [0.15, 0.2) is 24.5 Å². The number of amides is 1. The van der Waals surface area contributed by atoms with E-state index in [9.17, 15) is 10.1 Å². The predicted octanol–water partition coefficient (Wildman–Crippen LogP) is 2.28. The first-order valence-electron chi connectivity index (χ1n) is 9.81. The number of nitriles is 1. The van der Waals surface area contributed by atoms with Crippen LogP contribution < -0.4 is 16.4 Å². The summed E-state index contributed by atoms with van der Waals surface area (Å²) in [7, 11) is 0. The lowest BCUT2D eigenvalue weighted by atomic mass is 9.85. The second kappa shape index (κ2) is 9.22. The number of anilines is 2. The van der Waals surface area contributed by atoms with Crippen LogP contribution >= 0.6 is 0 Å². The van der Waals surface area contributed by atoms with Gasteiger partial charge in [0, 0.05) is 36.9 Å². The highest BCUT2D eigenvalue weighted by atomic mass is 16.1. The Morgan fingerprint density at radius 3 is 2.86 bits per heavy atom. The molecule has 0 saturated heterocycles. The first-order valence-corrected chi connectivity index (χ1v) is 9.81. The normalized spacial score (nSPS) is 19.0. The molecule has 2 aromatic rings. The summed E-state index contributed by atoms with van der Waals surface area (Å²) in [5, 5.41) is 15.9. The Labute approximate surface area is 165 Å². The van der Waals surface area contributed by atoms with E-state index in [0.29, 0.717) is 23.9 Å². The number of nitrogens with one attached hydrogen (secondary N) is 2. The molecule has 0 aliphatic heterocycles. The van der Waals surface area contributed by atoms with Crippen molar-refractivity contribution in [3.63, 3.8) is 0 Å². The fraction of sp³-hybridized carbons (Fsp3) is 0.500. The predicted molar refractivity (Wildman–Crippen MR) is 108 cm³/mol. The van der Waals surface area contributed by atoms with Gasteiger partial charge >= 0.3 is 0 Å².